The molecule has 1 unspecified atom stereocenters. The third-order valence-electron chi connectivity index (χ3n) is 2.82. The van der Waals surface area contributed by atoms with Crippen molar-refractivity contribution in [2.75, 3.05) is 0 Å². The van der Waals surface area contributed by atoms with Gasteiger partial charge in [0.2, 0.25) is 5.91 Å². The molecule has 1 aromatic heterocycles. The molecule has 2 aromatic rings. The van der Waals surface area contributed by atoms with Crippen LogP contribution in [0.1, 0.15) is 31.1 Å². The van der Waals surface area contributed by atoms with E-state index in [1.807, 2.05) is 62.4 Å². The minimum atomic E-state index is -0.236. The summed E-state index contributed by atoms with van der Waals surface area (Å²) in [6.45, 7) is 3.80. The molecule has 2 rings (SSSR count). The molecule has 3 heteroatoms. The minimum Gasteiger partial charge on any atom is -0.340 e. The summed E-state index contributed by atoms with van der Waals surface area (Å²) in [5, 5.41) is 3.00. The van der Waals surface area contributed by atoms with E-state index in [2.05, 4.69) is 10.3 Å². The maximum Gasteiger partial charge on any atom is 0.244 e. The molecule has 0 saturated heterocycles. The van der Waals surface area contributed by atoms with Crippen molar-refractivity contribution in [3.63, 3.8) is 0 Å². The first-order chi connectivity index (χ1) is 9.66. The van der Waals surface area contributed by atoms with Crippen LogP contribution in [0.25, 0.3) is 0 Å². The number of benzene rings is 1. The number of nitrogens with one attached hydrogen (secondary N) is 1. The second-order valence-electron chi connectivity index (χ2n) is 4.83. The van der Waals surface area contributed by atoms with E-state index in [-0.39, 0.29) is 11.9 Å². The maximum atomic E-state index is 12.0. The van der Waals surface area contributed by atoms with Crippen molar-refractivity contribution in [2.24, 2.45) is 0 Å². The maximum absolute atomic E-state index is 12.0. The fraction of sp³-hybridized carbons (Fsp3) is 0.176. The predicted molar refractivity (Wildman–Crippen MR) is 80.1 cm³/mol. The lowest BCUT2D eigenvalue weighted by Crippen LogP contribution is -2.28. The second kappa shape index (κ2) is 6.66. The molecule has 0 fully saturated rings. The highest BCUT2D eigenvalue weighted by Crippen LogP contribution is 2.19. The van der Waals surface area contributed by atoms with Gasteiger partial charge in [-0.3, -0.25) is 9.78 Å². The van der Waals surface area contributed by atoms with Gasteiger partial charge in [0, 0.05) is 12.3 Å². The van der Waals surface area contributed by atoms with Crippen LogP contribution in [0.15, 0.2) is 66.4 Å². The summed E-state index contributed by atoms with van der Waals surface area (Å²) in [6, 6.07) is 15.3. The van der Waals surface area contributed by atoms with Crippen LogP contribution in [-0.4, -0.2) is 10.9 Å². The van der Waals surface area contributed by atoms with Gasteiger partial charge in [-0.25, -0.2) is 0 Å². The van der Waals surface area contributed by atoms with Gasteiger partial charge in [-0.15, -0.1) is 0 Å². The topological polar surface area (TPSA) is 42.0 Å². The summed E-state index contributed by atoms with van der Waals surface area (Å²) in [5.74, 6) is -0.107. The molecule has 0 radical (unpaired) electrons. The summed E-state index contributed by atoms with van der Waals surface area (Å²) >= 11 is 0. The van der Waals surface area contributed by atoms with E-state index >= 15 is 0 Å². The number of rotatable bonds is 4. The number of aromatic nitrogens is 1. The average molecular weight is 266 g/mol. The zero-order valence-corrected chi connectivity index (χ0v) is 11.7. The van der Waals surface area contributed by atoms with E-state index in [1.54, 1.807) is 12.3 Å². The summed E-state index contributed by atoms with van der Waals surface area (Å²) in [4.78, 5) is 16.3. The van der Waals surface area contributed by atoms with Gasteiger partial charge in [0.15, 0.2) is 0 Å². The number of allylic oxidation sites excluding steroid dienone is 1. The van der Waals surface area contributed by atoms with E-state index in [0.717, 1.165) is 16.8 Å². The van der Waals surface area contributed by atoms with Crippen molar-refractivity contribution in [1.82, 2.24) is 10.3 Å². The number of pyridine rings is 1. The van der Waals surface area contributed by atoms with Crippen LogP contribution < -0.4 is 5.32 Å². The van der Waals surface area contributed by atoms with E-state index < -0.39 is 0 Å². The van der Waals surface area contributed by atoms with Gasteiger partial charge in [-0.05, 0) is 31.5 Å². The number of nitrogens with zero attached hydrogens (tertiary/aromatic N) is 1. The molecule has 1 heterocycles. The molecule has 0 saturated carbocycles. The number of hydrogen-bond donors (Lipinski definition) is 1. The first-order valence-corrected chi connectivity index (χ1v) is 6.58. The van der Waals surface area contributed by atoms with E-state index in [9.17, 15) is 4.79 Å². The van der Waals surface area contributed by atoms with Crippen molar-refractivity contribution >= 4 is 5.91 Å². The SMILES string of the molecule is CC(C)=CC(=O)NC(c1ccccc1)c1ccccn1. The van der Waals surface area contributed by atoms with Gasteiger partial charge in [0.05, 0.1) is 11.7 Å². The smallest absolute Gasteiger partial charge is 0.244 e. The molecular formula is C17H18N2O. The Morgan fingerprint density at radius 2 is 1.80 bits per heavy atom. The molecule has 0 aliphatic rings. The lowest BCUT2D eigenvalue weighted by Gasteiger charge is -2.18. The fourth-order valence-corrected chi connectivity index (χ4v) is 1.97. The van der Waals surface area contributed by atoms with Crippen LogP contribution in [0.5, 0.6) is 0 Å². The van der Waals surface area contributed by atoms with E-state index in [4.69, 9.17) is 0 Å². The van der Waals surface area contributed by atoms with Crippen LogP contribution in [0.3, 0.4) is 0 Å². The number of carbonyl (C=O) groups excluding carboxylic acids is 1. The molecule has 0 aliphatic heterocycles. The van der Waals surface area contributed by atoms with Gasteiger partial charge >= 0.3 is 0 Å². The van der Waals surface area contributed by atoms with Crippen molar-refractivity contribution in [3.8, 4) is 0 Å². The van der Waals surface area contributed by atoms with Gasteiger partial charge in [-0.1, -0.05) is 42.0 Å². The zero-order valence-electron chi connectivity index (χ0n) is 11.7. The molecule has 1 amide bonds. The molecule has 0 spiro atoms. The van der Waals surface area contributed by atoms with Crippen molar-refractivity contribution in [2.45, 2.75) is 19.9 Å². The molecule has 1 atom stereocenters. The Kier molecular flexibility index (Phi) is 4.66. The third-order valence-corrected chi connectivity index (χ3v) is 2.82. The highest BCUT2D eigenvalue weighted by molar-refractivity contribution is 5.88. The standard InChI is InChI=1S/C17H18N2O/c1-13(2)12-16(20)19-17(14-8-4-3-5-9-14)15-10-6-7-11-18-15/h3-12,17H,1-2H3,(H,19,20). The Labute approximate surface area is 119 Å². The third kappa shape index (κ3) is 3.79. The Morgan fingerprint density at radius 3 is 2.40 bits per heavy atom. The predicted octanol–water partition coefficient (Wildman–Crippen LogP) is 3.25. The fourth-order valence-electron chi connectivity index (χ4n) is 1.97. The number of amides is 1. The largest absolute Gasteiger partial charge is 0.340 e. The second-order valence-corrected chi connectivity index (χ2v) is 4.83. The highest BCUT2D eigenvalue weighted by atomic mass is 16.1. The normalized spacial score (nSPS) is 11.5. The van der Waals surface area contributed by atoms with Crippen LogP contribution in [0.2, 0.25) is 0 Å². The first-order valence-electron chi connectivity index (χ1n) is 6.58. The molecular weight excluding hydrogens is 248 g/mol. The Balaban J connectivity index is 2.31. The minimum absolute atomic E-state index is 0.107. The van der Waals surface area contributed by atoms with E-state index in [1.165, 1.54) is 0 Å². The van der Waals surface area contributed by atoms with Crippen molar-refractivity contribution < 1.29 is 4.79 Å². The van der Waals surface area contributed by atoms with Gasteiger partial charge in [0.1, 0.15) is 0 Å². The van der Waals surface area contributed by atoms with Gasteiger partial charge in [-0.2, -0.15) is 0 Å². The summed E-state index contributed by atoms with van der Waals surface area (Å²) in [6.07, 6.45) is 3.33. The van der Waals surface area contributed by atoms with Crippen LogP contribution in [-0.2, 0) is 4.79 Å². The number of hydrogen-bond acceptors (Lipinski definition) is 2. The van der Waals surface area contributed by atoms with E-state index in [0.29, 0.717) is 0 Å². The Bertz CT molecular complexity index is 547. The molecule has 0 aliphatic carbocycles. The lowest BCUT2D eigenvalue weighted by molar-refractivity contribution is -0.117. The van der Waals surface area contributed by atoms with Crippen LogP contribution >= 0.6 is 0 Å². The average Bonchev–Trinajstić information content (AvgIpc) is 2.46. The summed E-state index contributed by atoms with van der Waals surface area (Å²) < 4.78 is 0. The van der Waals surface area contributed by atoms with Crippen LogP contribution in [0, 0.1) is 0 Å². The molecule has 0 bridgehead atoms. The molecule has 1 aromatic carbocycles. The molecule has 20 heavy (non-hydrogen) atoms. The monoisotopic (exact) mass is 266 g/mol. The highest BCUT2D eigenvalue weighted by Gasteiger charge is 2.16. The molecule has 1 N–H and O–H groups in total. The van der Waals surface area contributed by atoms with Crippen molar-refractivity contribution in [1.29, 1.82) is 0 Å². The van der Waals surface area contributed by atoms with Crippen LogP contribution in [0.4, 0.5) is 0 Å². The lowest BCUT2D eigenvalue weighted by atomic mass is 10.0. The summed E-state index contributed by atoms with van der Waals surface area (Å²) in [7, 11) is 0. The molecule has 3 nitrogen and oxygen atoms in total. The van der Waals surface area contributed by atoms with Gasteiger partial charge in [0.25, 0.3) is 0 Å². The number of carbonyl (C=O) groups is 1. The molecule has 102 valence electrons. The Morgan fingerprint density at radius 1 is 1.10 bits per heavy atom. The van der Waals surface area contributed by atoms with Gasteiger partial charge < -0.3 is 5.32 Å². The first kappa shape index (κ1) is 14.0. The van der Waals surface area contributed by atoms with Crippen molar-refractivity contribution in [3.05, 3.63) is 77.6 Å². The zero-order chi connectivity index (χ0) is 14.4. The summed E-state index contributed by atoms with van der Waals surface area (Å²) in [5.41, 5.74) is 2.81. The quantitative estimate of drug-likeness (QED) is 0.863. The Hall–Kier alpha value is -2.42.